The van der Waals surface area contributed by atoms with Crippen LogP contribution in [-0.2, 0) is 0 Å². The molecule has 0 heterocycles. The molecule has 8 heteroatoms. The third kappa shape index (κ3) is 4.12. The van der Waals surface area contributed by atoms with E-state index in [1.54, 1.807) is 0 Å². The molecule has 2 aromatic carbocycles. The fourth-order valence-corrected chi connectivity index (χ4v) is 2.21. The quantitative estimate of drug-likeness (QED) is 0.496. The van der Waals surface area contributed by atoms with Gasteiger partial charge in [0.1, 0.15) is 5.02 Å². The van der Waals surface area contributed by atoms with E-state index in [0.717, 1.165) is 16.1 Å². The summed E-state index contributed by atoms with van der Waals surface area (Å²) in [5, 5.41) is 14.6. The molecule has 0 aromatic heterocycles. The average Bonchev–Trinajstić information content (AvgIpc) is 2.47. The van der Waals surface area contributed by atoms with Gasteiger partial charge in [0.25, 0.3) is 11.6 Å². The van der Waals surface area contributed by atoms with Crippen LogP contribution in [0.3, 0.4) is 0 Å². The molecule has 0 aliphatic heterocycles. The van der Waals surface area contributed by atoms with Gasteiger partial charge in [-0.25, -0.2) is 5.43 Å². The zero-order valence-corrected chi connectivity index (χ0v) is 13.3. The van der Waals surface area contributed by atoms with Crippen molar-refractivity contribution in [2.45, 2.75) is 0 Å². The highest BCUT2D eigenvalue weighted by atomic mass is 79.9. The normalized spacial score (nSPS) is 10.6. The van der Waals surface area contributed by atoms with Gasteiger partial charge in [0, 0.05) is 16.1 Å². The molecule has 2 rings (SSSR count). The molecule has 2 aromatic rings. The number of rotatable bonds is 4. The summed E-state index contributed by atoms with van der Waals surface area (Å²) in [5.74, 6) is -0.564. The molecular formula is C14H9BrClN3O3. The number of nitro groups is 1. The van der Waals surface area contributed by atoms with E-state index in [0.29, 0.717) is 0 Å². The largest absolute Gasteiger partial charge is 0.288 e. The number of nitrogens with zero attached hydrogens (tertiary/aromatic N) is 2. The summed E-state index contributed by atoms with van der Waals surface area (Å²) in [4.78, 5) is 22.0. The van der Waals surface area contributed by atoms with Crippen molar-refractivity contribution in [2.75, 3.05) is 0 Å². The highest BCUT2D eigenvalue weighted by Crippen LogP contribution is 2.24. The predicted octanol–water partition coefficient (Wildman–Crippen LogP) is 3.77. The molecule has 0 radical (unpaired) electrons. The van der Waals surface area contributed by atoms with Gasteiger partial charge in [-0.3, -0.25) is 14.9 Å². The molecule has 0 aliphatic carbocycles. The second-order valence-corrected chi connectivity index (χ2v) is 5.50. The fourth-order valence-electron chi connectivity index (χ4n) is 1.61. The number of hydrogen-bond donors (Lipinski definition) is 1. The highest BCUT2D eigenvalue weighted by Gasteiger charge is 2.15. The van der Waals surface area contributed by atoms with E-state index in [1.165, 1.54) is 18.3 Å². The van der Waals surface area contributed by atoms with Crippen LogP contribution in [0, 0.1) is 10.1 Å². The van der Waals surface area contributed by atoms with E-state index in [4.69, 9.17) is 11.6 Å². The van der Waals surface area contributed by atoms with Gasteiger partial charge in [-0.05, 0) is 29.8 Å². The highest BCUT2D eigenvalue weighted by molar-refractivity contribution is 9.10. The summed E-state index contributed by atoms with van der Waals surface area (Å²) in [6.07, 6.45) is 1.47. The Labute approximate surface area is 139 Å². The summed E-state index contributed by atoms with van der Waals surface area (Å²) in [5.41, 5.74) is 2.86. The molecule has 1 N–H and O–H groups in total. The predicted molar refractivity (Wildman–Crippen MR) is 87.3 cm³/mol. The van der Waals surface area contributed by atoms with Crippen LogP contribution in [-0.4, -0.2) is 17.0 Å². The Hall–Kier alpha value is -2.25. The second kappa shape index (κ2) is 7.15. The van der Waals surface area contributed by atoms with E-state index in [-0.39, 0.29) is 16.3 Å². The number of amides is 1. The van der Waals surface area contributed by atoms with Gasteiger partial charge in [0.2, 0.25) is 0 Å². The van der Waals surface area contributed by atoms with Gasteiger partial charge in [0.15, 0.2) is 0 Å². The first-order valence-corrected chi connectivity index (χ1v) is 7.17. The minimum Gasteiger partial charge on any atom is -0.267 e. The first-order chi connectivity index (χ1) is 10.5. The summed E-state index contributed by atoms with van der Waals surface area (Å²) in [7, 11) is 0. The van der Waals surface area contributed by atoms with Crippen LogP contribution in [0.25, 0.3) is 0 Å². The number of halogens is 2. The third-order valence-electron chi connectivity index (χ3n) is 2.63. The van der Waals surface area contributed by atoms with Gasteiger partial charge in [-0.2, -0.15) is 5.10 Å². The molecule has 0 bridgehead atoms. The average molecular weight is 383 g/mol. The Morgan fingerprint density at radius 3 is 2.77 bits per heavy atom. The minimum absolute atomic E-state index is 0.0285. The molecule has 0 fully saturated rings. The summed E-state index contributed by atoms with van der Waals surface area (Å²) >= 11 is 9.01. The Morgan fingerprint density at radius 2 is 2.09 bits per heavy atom. The summed E-state index contributed by atoms with van der Waals surface area (Å²) in [6.45, 7) is 0. The molecule has 22 heavy (non-hydrogen) atoms. The Morgan fingerprint density at radius 1 is 1.32 bits per heavy atom. The van der Waals surface area contributed by atoms with Crippen LogP contribution in [0.1, 0.15) is 15.9 Å². The zero-order valence-electron chi connectivity index (χ0n) is 11.0. The maximum atomic E-state index is 11.9. The lowest BCUT2D eigenvalue weighted by Gasteiger charge is -2.01. The lowest BCUT2D eigenvalue weighted by Crippen LogP contribution is -2.17. The molecule has 0 spiro atoms. The molecule has 0 saturated carbocycles. The number of nitrogens with one attached hydrogen (secondary N) is 1. The van der Waals surface area contributed by atoms with Gasteiger partial charge < -0.3 is 0 Å². The van der Waals surface area contributed by atoms with Crippen LogP contribution in [0.15, 0.2) is 52.0 Å². The number of carbonyl (C=O) groups is 1. The SMILES string of the molecule is O=C(N/N=C\c1cccc(Br)c1)c1ccc(Cl)c([N+](=O)[O-])c1. The number of benzene rings is 2. The smallest absolute Gasteiger partial charge is 0.267 e. The molecule has 1 amide bonds. The molecule has 0 aliphatic rings. The third-order valence-corrected chi connectivity index (χ3v) is 3.45. The minimum atomic E-state index is -0.649. The lowest BCUT2D eigenvalue weighted by atomic mass is 10.2. The van der Waals surface area contributed by atoms with Crippen molar-refractivity contribution in [3.05, 3.63) is 73.2 Å². The van der Waals surface area contributed by atoms with Crippen LogP contribution < -0.4 is 5.43 Å². The van der Waals surface area contributed by atoms with Gasteiger partial charge >= 0.3 is 0 Å². The lowest BCUT2D eigenvalue weighted by molar-refractivity contribution is -0.384. The molecule has 0 unspecified atom stereocenters. The van der Waals surface area contributed by atoms with Crippen molar-refractivity contribution in [1.29, 1.82) is 0 Å². The second-order valence-electron chi connectivity index (χ2n) is 4.18. The van der Waals surface area contributed by atoms with E-state index in [9.17, 15) is 14.9 Å². The number of hydrogen-bond acceptors (Lipinski definition) is 4. The topological polar surface area (TPSA) is 84.6 Å². The van der Waals surface area contributed by atoms with Gasteiger partial charge in [-0.1, -0.05) is 39.7 Å². The Balaban J connectivity index is 2.09. The first-order valence-electron chi connectivity index (χ1n) is 6.00. The van der Waals surface area contributed by atoms with E-state index in [1.807, 2.05) is 24.3 Å². The zero-order chi connectivity index (χ0) is 16.1. The standard InChI is InChI=1S/C14H9BrClN3O3/c15-11-3-1-2-9(6-11)8-17-18-14(20)10-4-5-12(16)13(7-10)19(21)22/h1-8H,(H,18,20)/b17-8-. The summed E-state index contributed by atoms with van der Waals surface area (Å²) in [6, 6.07) is 11.1. The van der Waals surface area contributed by atoms with Crippen molar-refractivity contribution >= 4 is 45.3 Å². The Kier molecular flexibility index (Phi) is 5.24. The molecular weight excluding hydrogens is 374 g/mol. The number of carbonyl (C=O) groups excluding carboxylic acids is 1. The molecule has 112 valence electrons. The van der Waals surface area contributed by atoms with Crippen LogP contribution in [0.2, 0.25) is 5.02 Å². The van der Waals surface area contributed by atoms with Crippen molar-refractivity contribution in [3.63, 3.8) is 0 Å². The number of nitro benzene ring substituents is 1. The van der Waals surface area contributed by atoms with Crippen molar-refractivity contribution in [2.24, 2.45) is 5.10 Å². The van der Waals surface area contributed by atoms with Crippen LogP contribution in [0.5, 0.6) is 0 Å². The number of hydrazone groups is 1. The van der Waals surface area contributed by atoms with Gasteiger partial charge in [-0.15, -0.1) is 0 Å². The van der Waals surface area contributed by atoms with Crippen molar-refractivity contribution < 1.29 is 9.72 Å². The van der Waals surface area contributed by atoms with Gasteiger partial charge in [0.05, 0.1) is 11.1 Å². The molecule has 6 nitrogen and oxygen atoms in total. The Bertz CT molecular complexity index is 765. The monoisotopic (exact) mass is 381 g/mol. The molecule has 0 saturated heterocycles. The molecule has 0 atom stereocenters. The summed E-state index contributed by atoms with van der Waals surface area (Å²) < 4.78 is 0.885. The maximum Gasteiger partial charge on any atom is 0.288 e. The van der Waals surface area contributed by atoms with Crippen molar-refractivity contribution in [3.8, 4) is 0 Å². The van der Waals surface area contributed by atoms with E-state index >= 15 is 0 Å². The maximum absolute atomic E-state index is 11.9. The fraction of sp³-hybridized carbons (Fsp3) is 0. The van der Waals surface area contributed by atoms with Crippen molar-refractivity contribution in [1.82, 2.24) is 5.43 Å². The van der Waals surface area contributed by atoms with Crippen LogP contribution >= 0.6 is 27.5 Å². The first kappa shape index (κ1) is 16.1. The van der Waals surface area contributed by atoms with E-state index < -0.39 is 10.8 Å². The van der Waals surface area contributed by atoms with E-state index in [2.05, 4.69) is 26.5 Å². The van der Waals surface area contributed by atoms with Crippen LogP contribution in [0.4, 0.5) is 5.69 Å².